The number of para-hydroxylation sites is 2. The number of hydrogen-bond acceptors (Lipinski definition) is 3. The first-order chi connectivity index (χ1) is 31.7. The van der Waals surface area contributed by atoms with Crippen molar-refractivity contribution in [3.8, 4) is 45.5 Å². The molecule has 0 saturated heterocycles. The summed E-state index contributed by atoms with van der Waals surface area (Å²) in [6.07, 6.45) is 2.12. The zero-order chi connectivity index (χ0) is 41.9. The van der Waals surface area contributed by atoms with Gasteiger partial charge in [-0.1, -0.05) is 158 Å². The van der Waals surface area contributed by atoms with Gasteiger partial charge in [-0.3, -0.25) is 4.57 Å². The summed E-state index contributed by atoms with van der Waals surface area (Å²) in [4.78, 5) is 16.0. The lowest BCUT2D eigenvalue weighted by atomic mass is 9.93. The zero-order valence-electron chi connectivity index (χ0n) is 34.7. The fraction of sp³-hybridized carbons (Fsp3) is 0.0339. The Balaban J connectivity index is 1.06. The minimum absolute atomic E-state index is 0.592. The lowest BCUT2D eigenvalue weighted by molar-refractivity contribution is 0.954. The van der Waals surface area contributed by atoms with Crippen LogP contribution in [0.4, 0.5) is 0 Å². The maximum Gasteiger partial charge on any atom is 0.238 e. The fourth-order valence-electron chi connectivity index (χ4n) is 10.8. The topological polar surface area (TPSA) is 48.5 Å². The summed E-state index contributed by atoms with van der Waals surface area (Å²) in [6.45, 7) is 0. The second kappa shape index (κ2) is 13.5. The standard InChI is InChI=1S/C59H37N5/c1-3-15-39(16-4-1)57-60-58(46-31-28-38-27-26-37-17-13-24-45(46)54(37)38)62-59(61-57)64-51-32-30-40(34-49(51)55-42-20-8-7-14-36(42)29-33-52(55)64)48-35-53-56(44-22-10-9-21-43(44)48)47-23-11-12-25-50(47)63(53)41-18-5-2-6-19-41/h1-25,28-35H,26-27H2. The normalized spacial score (nSPS) is 12.6. The van der Waals surface area contributed by atoms with E-state index in [1.165, 1.54) is 76.2 Å². The average molecular weight is 816 g/mol. The van der Waals surface area contributed by atoms with Gasteiger partial charge in [0.05, 0.1) is 22.1 Å². The van der Waals surface area contributed by atoms with Gasteiger partial charge in [-0.2, -0.15) is 9.97 Å². The Labute approximate surface area is 368 Å². The average Bonchev–Trinajstić information content (AvgIpc) is 4.05. The molecule has 0 spiro atoms. The van der Waals surface area contributed by atoms with Crippen LogP contribution in [0.3, 0.4) is 0 Å². The third-order valence-electron chi connectivity index (χ3n) is 13.6. The SMILES string of the molecule is c1ccc(-c2nc(-c3ccc4c5c(cccc35)CC4)nc(-n3c4ccc(-c5cc6c(c7ccccc57)c5ccccc5n6-c5ccccc5)cc4c4c5ccccc5ccc43)n2)cc1. The highest BCUT2D eigenvalue weighted by molar-refractivity contribution is 6.26. The van der Waals surface area contributed by atoms with Gasteiger partial charge in [0.1, 0.15) is 0 Å². The molecule has 1 aliphatic rings. The molecular formula is C59H37N5. The highest BCUT2D eigenvalue weighted by Crippen LogP contribution is 2.44. The maximum atomic E-state index is 5.43. The van der Waals surface area contributed by atoms with Crippen LogP contribution in [0.25, 0.3) is 121 Å². The fourth-order valence-corrected chi connectivity index (χ4v) is 10.8. The van der Waals surface area contributed by atoms with E-state index < -0.39 is 0 Å². The Bertz CT molecular complexity index is 4060. The molecule has 0 radical (unpaired) electrons. The third kappa shape index (κ3) is 5.09. The van der Waals surface area contributed by atoms with Gasteiger partial charge in [-0.25, -0.2) is 4.98 Å². The van der Waals surface area contributed by atoms with E-state index in [4.69, 9.17) is 15.0 Å². The smallest absolute Gasteiger partial charge is 0.238 e. The van der Waals surface area contributed by atoms with Gasteiger partial charge < -0.3 is 4.57 Å². The van der Waals surface area contributed by atoms with Crippen LogP contribution in [0, 0.1) is 0 Å². The second-order valence-electron chi connectivity index (χ2n) is 17.1. The molecule has 0 N–H and O–H groups in total. The number of benzene rings is 10. The van der Waals surface area contributed by atoms with Crippen LogP contribution in [0.15, 0.2) is 200 Å². The lowest BCUT2D eigenvalue weighted by Gasteiger charge is -2.13. The Morgan fingerprint density at radius 2 is 0.984 bits per heavy atom. The van der Waals surface area contributed by atoms with Crippen molar-refractivity contribution < 1.29 is 0 Å². The van der Waals surface area contributed by atoms with Crippen molar-refractivity contribution in [1.82, 2.24) is 24.1 Å². The molecule has 5 heteroatoms. The highest BCUT2D eigenvalue weighted by atomic mass is 15.2. The van der Waals surface area contributed by atoms with Gasteiger partial charge in [0, 0.05) is 38.4 Å². The van der Waals surface area contributed by atoms with Crippen molar-refractivity contribution in [3.05, 3.63) is 211 Å². The molecular weight excluding hydrogens is 779 g/mol. The molecule has 0 aliphatic heterocycles. The first-order valence-electron chi connectivity index (χ1n) is 22.1. The molecule has 0 saturated carbocycles. The molecule has 64 heavy (non-hydrogen) atoms. The van der Waals surface area contributed by atoms with Crippen molar-refractivity contribution in [3.63, 3.8) is 0 Å². The molecule has 14 rings (SSSR count). The molecule has 298 valence electrons. The summed E-state index contributed by atoms with van der Waals surface area (Å²) in [7, 11) is 0. The molecule has 10 aromatic carbocycles. The minimum atomic E-state index is 0.592. The van der Waals surface area contributed by atoms with Crippen molar-refractivity contribution in [2.45, 2.75) is 12.8 Å². The van der Waals surface area contributed by atoms with E-state index in [0.29, 0.717) is 17.6 Å². The van der Waals surface area contributed by atoms with Gasteiger partial charge >= 0.3 is 0 Å². The molecule has 0 amide bonds. The van der Waals surface area contributed by atoms with Gasteiger partial charge in [-0.05, 0) is 110 Å². The van der Waals surface area contributed by atoms with E-state index in [1.807, 2.05) is 18.2 Å². The molecule has 13 aromatic rings. The quantitative estimate of drug-likeness (QED) is 0.174. The lowest BCUT2D eigenvalue weighted by Crippen LogP contribution is -2.06. The van der Waals surface area contributed by atoms with E-state index in [-0.39, 0.29) is 0 Å². The summed E-state index contributed by atoms with van der Waals surface area (Å²) >= 11 is 0. The Morgan fingerprint density at radius 3 is 1.84 bits per heavy atom. The van der Waals surface area contributed by atoms with Crippen LogP contribution in [0.5, 0.6) is 0 Å². The van der Waals surface area contributed by atoms with Crippen molar-refractivity contribution in [1.29, 1.82) is 0 Å². The predicted octanol–water partition coefficient (Wildman–Crippen LogP) is 14.6. The van der Waals surface area contributed by atoms with E-state index >= 15 is 0 Å². The van der Waals surface area contributed by atoms with Crippen LogP contribution in [0.1, 0.15) is 11.1 Å². The first-order valence-corrected chi connectivity index (χ1v) is 22.1. The number of rotatable bonds is 5. The summed E-state index contributed by atoms with van der Waals surface area (Å²) < 4.78 is 4.68. The zero-order valence-corrected chi connectivity index (χ0v) is 34.7. The van der Waals surface area contributed by atoms with E-state index in [2.05, 4.69) is 191 Å². The van der Waals surface area contributed by atoms with Crippen LogP contribution in [-0.4, -0.2) is 24.1 Å². The number of aryl methyl sites for hydroxylation is 2. The maximum absolute atomic E-state index is 5.43. The summed E-state index contributed by atoms with van der Waals surface area (Å²) in [5.41, 5.74) is 12.7. The van der Waals surface area contributed by atoms with Crippen molar-refractivity contribution >= 4 is 75.9 Å². The molecule has 5 nitrogen and oxygen atoms in total. The Hall–Kier alpha value is -8.41. The second-order valence-corrected chi connectivity index (χ2v) is 17.1. The number of fused-ring (bicyclic) bond motifs is 10. The largest absolute Gasteiger partial charge is 0.309 e. The molecule has 3 heterocycles. The molecule has 1 aliphatic carbocycles. The highest BCUT2D eigenvalue weighted by Gasteiger charge is 2.24. The van der Waals surface area contributed by atoms with Gasteiger partial charge in [0.25, 0.3) is 0 Å². The molecule has 0 bridgehead atoms. The Morgan fingerprint density at radius 1 is 0.328 bits per heavy atom. The van der Waals surface area contributed by atoms with Gasteiger partial charge in [0.2, 0.25) is 5.95 Å². The number of nitrogens with zero attached hydrogens (tertiary/aromatic N) is 5. The van der Waals surface area contributed by atoms with Crippen LogP contribution in [0.2, 0.25) is 0 Å². The van der Waals surface area contributed by atoms with Crippen LogP contribution in [-0.2, 0) is 12.8 Å². The van der Waals surface area contributed by atoms with E-state index in [9.17, 15) is 0 Å². The van der Waals surface area contributed by atoms with Gasteiger partial charge in [0.15, 0.2) is 11.6 Å². The minimum Gasteiger partial charge on any atom is -0.309 e. The molecule has 3 aromatic heterocycles. The van der Waals surface area contributed by atoms with Gasteiger partial charge in [-0.15, -0.1) is 0 Å². The first kappa shape index (κ1) is 35.2. The van der Waals surface area contributed by atoms with Crippen molar-refractivity contribution in [2.24, 2.45) is 0 Å². The Kier molecular flexibility index (Phi) is 7.45. The van der Waals surface area contributed by atoms with E-state index in [0.717, 1.165) is 51.6 Å². The summed E-state index contributed by atoms with van der Waals surface area (Å²) in [5, 5.41) is 12.2. The van der Waals surface area contributed by atoms with E-state index in [1.54, 1.807) is 0 Å². The molecule has 0 fully saturated rings. The molecule has 0 atom stereocenters. The summed E-state index contributed by atoms with van der Waals surface area (Å²) in [5.74, 6) is 1.90. The van der Waals surface area contributed by atoms with Crippen LogP contribution < -0.4 is 0 Å². The predicted molar refractivity (Wildman–Crippen MR) is 265 cm³/mol. The third-order valence-corrected chi connectivity index (χ3v) is 13.6. The van der Waals surface area contributed by atoms with Crippen LogP contribution >= 0.6 is 0 Å². The monoisotopic (exact) mass is 815 g/mol. The number of aromatic nitrogens is 5. The number of hydrogen-bond donors (Lipinski definition) is 0. The summed E-state index contributed by atoms with van der Waals surface area (Å²) in [6, 6.07) is 72.4. The molecule has 0 unspecified atom stereocenters. The van der Waals surface area contributed by atoms with Crippen molar-refractivity contribution in [2.75, 3.05) is 0 Å².